The molecule has 2 aromatic carbocycles. The molecule has 1 unspecified atom stereocenters. The Morgan fingerprint density at radius 1 is 1.04 bits per heavy atom. The number of alkyl halides is 3. The average molecular weight is 380 g/mol. The zero-order valence-electron chi connectivity index (χ0n) is 13.1. The summed E-state index contributed by atoms with van der Waals surface area (Å²) in [5, 5.41) is 3.28. The number of ketones is 1. The van der Waals surface area contributed by atoms with Crippen molar-refractivity contribution in [3.8, 4) is 11.4 Å². The number of hydrogen-bond donors (Lipinski definition) is 0. The van der Waals surface area contributed by atoms with E-state index in [1.807, 2.05) is 0 Å². The van der Waals surface area contributed by atoms with E-state index in [2.05, 4.69) is 14.7 Å². The highest BCUT2D eigenvalue weighted by Crippen LogP contribution is 2.29. The molecule has 26 heavy (non-hydrogen) atoms. The lowest BCUT2D eigenvalue weighted by atomic mass is 10.1. The summed E-state index contributed by atoms with van der Waals surface area (Å²) < 4.78 is 53.8. The van der Waals surface area contributed by atoms with Crippen LogP contribution in [-0.2, 0) is 17.0 Å². The molecule has 1 atom stereocenters. The molecule has 1 aromatic heterocycles. The van der Waals surface area contributed by atoms with E-state index in [4.69, 9.17) is 0 Å². The normalized spacial score (nSPS) is 12.7. The molecule has 1 heterocycles. The van der Waals surface area contributed by atoms with Crippen LogP contribution in [0.1, 0.15) is 16.2 Å². The number of nitrogens with zero attached hydrogens (tertiary/aromatic N) is 2. The third kappa shape index (κ3) is 4.05. The number of Topliss-reactive ketones (excluding diaryl/α,β-unsaturated/α-hetero) is 1. The van der Waals surface area contributed by atoms with Crippen LogP contribution in [-0.4, -0.2) is 25.9 Å². The predicted molar refractivity (Wildman–Crippen MR) is 86.8 cm³/mol. The van der Waals surface area contributed by atoms with Crippen molar-refractivity contribution in [1.82, 2.24) is 10.1 Å². The summed E-state index contributed by atoms with van der Waals surface area (Å²) in [6.45, 7) is 0. The zero-order valence-corrected chi connectivity index (χ0v) is 13.9. The lowest BCUT2D eigenvalue weighted by Crippen LogP contribution is -2.11. The van der Waals surface area contributed by atoms with Gasteiger partial charge in [-0.3, -0.25) is 9.00 Å². The van der Waals surface area contributed by atoms with Crippen molar-refractivity contribution < 1.29 is 26.7 Å². The van der Waals surface area contributed by atoms with Gasteiger partial charge in [0.15, 0.2) is 5.78 Å². The van der Waals surface area contributed by atoms with Gasteiger partial charge in [-0.05, 0) is 12.1 Å². The molecule has 0 bridgehead atoms. The van der Waals surface area contributed by atoms with E-state index in [1.165, 1.54) is 24.3 Å². The minimum Gasteiger partial charge on any atom is -0.329 e. The van der Waals surface area contributed by atoms with Crippen LogP contribution < -0.4 is 0 Å². The molecule has 0 aliphatic carbocycles. The van der Waals surface area contributed by atoms with Crippen LogP contribution in [0.3, 0.4) is 0 Å². The van der Waals surface area contributed by atoms with Crippen molar-refractivity contribution in [2.45, 2.75) is 11.1 Å². The van der Waals surface area contributed by atoms with E-state index in [1.54, 1.807) is 30.3 Å². The predicted octanol–water partition coefficient (Wildman–Crippen LogP) is 3.75. The maximum Gasteiger partial charge on any atom is 0.471 e. The largest absolute Gasteiger partial charge is 0.471 e. The van der Waals surface area contributed by atoms with Crippen LogP contribution in [0.25, 0.3) is 11.4 Å². The van der Waals surface area contributed by atoms with E-state index in [9.17, 15) is 22.2 Å². The number of halogens is 3. The fraction of sp³-hybridized carbons (Fsp3) is 0.118. The molecule has 0 radical (unpaired) electrons. The number of aromatic nitrogens is 2. The van der Waals surface area contributed by atoms with Gasteiger partial charge in [0, 0.05) is 16.0 Å². The topological polar surface area (TPSA) is 73.1 Å². The van der Waals surface area contributed by atoms with Crippen LogP contribution in [0.5, 0.6) is 0 Å². The van der Waals surface area contributed by atoms with Crippen LogP contribution in [0.2, 0.25) is 0 Å². The summed E-state index contributed by atoms with van der Waals surface area (Å²) in [6, 6.07) is 14.2. The summed E-state index contributed by atoms with van der Waals surface area (Å²) in [5.74, 6) is -2.21. The van der Waals surface area contributed by atoms with E-state index < -0.39 is 22.9 Å². The fourth-order valence-electron chi connectivity index (χ4n) is 2.12. The van der Waals surface area contributed by atoms with Gasteiger partial charge in [-0.15, -0.1) is 0 Å². The second-order valence-electron chi connectivity index (χ2n) is 5.22. The molecule has 0 fully saturated rings. The summed E-state index contributed by atoms with van der Waals surface area (Å²) in [4.78, 5) is 16.0. The lowest BCUT2D eigenvalue weighted by Gasteiger charge is -2.03. The Labute approximate surface area is 148 Å². The Kier molecular flexibility index (Phi) is 4.99. The molecule has 9 heteroatoms. The minimum atomic E-state index is -4.72. The van der Waals surface area contributed by atoms with Gasteiger partial charge in [0.05, 0.1) is 16.6 Å². The van der Waals surface area contributed by atoms with Crippen molar-refractivity contribution in [3.05, 3.63) is 66.1 Å². The highest BCUT2D eigenvalue weighted by molar-refractivity contribution is 7.85. The van der Waals surface area contributed by atoms with Gasteiger partial charge < -0.3 is 4.52 Å². The van der Waals surface area contributed by atoms with Crippen molar-refractivity contribution >= 4 is 16.6 Å². The van der Waals surface area contributed by atoms with Gasteiger partial charge >= 0.3 is 12.1 Å². The molecular formula is C17H11F3N2O3S. The van der Waals surface area contributed by atoms with Crippen LogP contribution in [0, 0.1) is 0 Å². The molecule has 0 N–H and O–H groups in total. The molecule has 3 rings (SSSR count). The summed E-state index contributed by atoms with van der Waals surface area (Å²) >= 11 is 0. The molecule has 0 saturated heterocycles. The number of hydrogen-bond acceptors (Lipinski definition) is 5. The Morgan fingerprint density at radius 3 is 2.27 bits per heavy atom. The number of rotatable bonds is 5. The van der Waals surface area contributed by atoms with Crippen molar-refractivity contribution in [2.24, 2.45) is 0 Å². The van der Waals surface area contributed by atoms with Crippen molar-refractivity contribution in [3.63, 3.8) is 0 Å². The quantitative estimate of drug-likeness (QED) is 0.631. The second-order valence-corrected chi connectivity index (χ2v) is 6.68. The average Bonchev–Trinajstić information content (AvgIpc) is 3.13. The molecule has 0 aliphatic heterocycles. The van der Waals surface area contributed by atoms with Gasteiger partial charge in [0.25, 0.3) is 0 Å². The van der Waals surface area contributed by atoms with E-state index >= 15 is 0 Å². The van der Waals surface area contributed by atoms with Crippen LogP contribution in [0.4, 0.5) is 13.2 Å². The Bertz CT molecular complexity index is 938. The van der Waals surface area contributed by atoms with E-state index in [0.717, 1.165) is 0 Å². The third-order valence-corrected chi connectivity index (χ3v) is 4.72. The summed E-state index contributed by atoms with van der Waals surface area (Å²) in [6.07, 6.45) is -4.72. The van der Waals surface area contributed by atoms with Crippen molar-refractivity contribution in [2.75, 3.05) is 5.75 Å². The number of benzene rings is 2. The Balaban J connectivity index is 1.72. The highest BCUT2D eigenvalue weighted by atomic mass is 32.2. The van der Waals surface area contributed by atoms with Crippen molar-refractivity contribution in [1.29, 1.82) is 0 Å². The molecule has 0 spiro atoms. The smallest absolute Gasteiger partial charge is 0.329 e. The molecular weight excluding hydrogens is 369 g/mol. The fourth-order valence-corrected chi connectivity index (χ4v) is 3.15. The van der Waals surface area contributed by atoms with E-state index in [0.29, 0.717) is 4.90 Å². The summed E-state index contributed by atoms with van der Waals surface area (Å²) in [5.41, 5.74) is 0.558. The first-order valence-corrected chi connectivity index (χ1v) is 8.64. The summed E-state index contributed by atoms with van der Waals surface area (Å²) in [7, 11) is -1.48. The first kappa shape index (κ1) is 18.0. The zero-order chi connectivity index (χ0) is 18.7. The SMILES string of the molecule is O=C(CS(=O)c1ccccc1)c1ccc(-c2noc(C(F)(F)F)n2)cc1. The minimum absolute atomic E-state index is 0.191. The van der Waals surface area contributed by atoms with Gasteiger partial charge in [-0.2, -0.15) is 18.2 Å². The Hall–Kier alpha value is -2.81. The maximum absolute atomic E-state index is 12.5. The molecule has 0 aliphatic rings. The molecule has 5 nitrogen and oxygen atoms in total. The highest BCUT2D eigenvalue weighted by Gasteiger charge is 2.38. The number of carbonyl (C=O) groups excluding carboxylic acids is 1. The molecule has 0 saturated carbocycles. The molecule has 0 amide bonds. The monoisotopic (exact) mass is 380 g/mol. The van der Waals surface area contributed by atoms with Gasteiger partial charge in [0.2, 0.25) is 5.82 Å². The van der Waals surface area contributed by atoms with Crippen LogP contribution in [0.15, 0.2) is 64.0 Å². The van der Waals surface area contributed by atoms with Gasteiger partial charge in [-0.1, -0.05) is 47.6 Å². The second kappa shape index (κ2) is 7.20. The van der Waals surface area contributed by atoms with Gasteiger partial charge in [0.1, 0.15) is 0 Å². The standard InChI is InChI=1S/C17H11F3N2O3S/c18-17(19,20)16-21-15(22-25-16)12-8-6-11(7-9-12)14(23)10-26(24)13-4-2-1-3-5-13/h1-9H,10H2. The third-order valence-electron chi connectivity index (χ3n) is 3.40. The first-order chi connectivity index (χ1) is 12.3. The Morgan fingerprint density at radius 2 is 1.69 bits per heavy atom. The lowest BCUT2D eigenvalue weighted by molar-refractivity contribution is -0.159. The van der Waals surface area contributed by atoms with Gasteiger partial charge in [-0.25, -0.2) is 0 Å². The molecule has 134 valence electrons. The number of carbonyl (C=O) groups is 1. The van der Waals surface area contributed by atoms with Crippen LogP contribution >= 0.6 is 0 Å². The first-order valence-electron chi connectivity index (χ1n) is 7.32. The van der Waals surface area contributed by atoms with E-state index in [-0.39, 0.29) is 28.5 Å². The maximum atomic E-state index is 12.5. The molecule has 3 aromatic rings.